The van der Waals surface area contributed by atoms with E-state index in [9.17, 15) is 14.9 Å². The van der Waals surface area contributed by atoms with Gasteiger partial charge in [0.05, 0.1) is 10.6 Å². The molecular formula is C15H12BrN3O3S. The summed E-state index contributed by atoms with van der Waals surface area (Å²) in [6.07, 6.45) is 0. The summed E-state index contributed by atoms with van der Waals surface area (Å²) in [6.45, 7) is 1.96. The van der Waals surface area contributed by atoms with Crippen LogP contribution in [0.2, 0.25) is 0 Å². The Morgan fingerprint density at radius 1 is 1.22 bits per heavy atom. The number of nitro groups is 1. The zero-order valence-electron chi connectivity index (χ0n) is 12.0. The van der Waals surface area contributed by atoms with Crippen molar-refractivity contribution in [3.05, 3.63) is 68.2 Å². The highest BCUT2D eigenvalue weighted by atomic mass is 79.9. The van der Waals surface area contributed by atoms with Crippen LogP contribution in [0, 0.1) is 17.0 Å². The standard InChI is InChI=1S/C15H12BrN3O3S/c1-9-2-7-13(12(16)8-9)17-15(23)18-14(20)10-3-5-11(6-4-10)19(21)22/h2-8H,1H3,(H2,17,18,20,23). The summed E-state index contributed by atoms with van der Waals surface area (Å²) in [5.74, 6) is -0.444. The first-order valence-electron chi connectivity index (χ1n) is 6.50. The van der Waals surface area contributed by atoms with Crippen LogP contribution in [-0.4, -0.2) is 15.9 Å². The second kappa shape index (κ2) is 7.30. The number of hydrogen-bond donors (Lipinski definition) is 2. The molecule has 0 atom stereocenters. The van der Waals surface area contributed by atoms with Gasteiger partial charge in [-0.2, -0.15) is 0 Å². The first-order valence-corrected chi connectivity index (χ1v) is 7.70. The highest BCUT2D eigenvalue weighted by molar-refractivity contribution is 9.10. The number of amides is 1. The van der Waals surface area contributed by atoms with Gasteiger partial charge in [-0.15, -0.1) is 0 Å². The van der Waals surface area contributed by atoms with Crippen LogP contribution in [-0.2, 0) is 0 Å². The highest BCUT2D eigenvalue weighted by Crippen LogP contribution is 2.23. The molecule has 118 valence electrons. The first-order chi connectivity index (χ1) is 10.9. The van der Waals surface area contributed by atoms with Gasteiger partial charge in [0.15, 0.2) is 5.11 Å². The van der Waals surface area contributed by atoms with Crippen molar-refractivity contribution < 1.29 is 9.72 Å². The van der Waals surface area contributed by atoms with Gasteiger partial charge in [-0.3, -0.25) is 20.2 Å². The predicted molar refractivity (Wildman–Crippen MR) is 95.7 cm³/mol. The quantitative estimate of drug-likeness (QED) is 0.470. The maximum absolute atomic E-state index is 12.0. The molecule has 0 aliphatic carbocycles. The molecule has 0 unspecified atom stereocenters. The van der Waals surface area contributed by atoms with Gasteiger partial charge in [0.2, 0.25) is 0 Å². The van der Waals surface area contributed by atoms with Crippen molar-refractivity contribution in [3.8, 4) is 0 Å². The fraction of sp³-hybridized carbons (Fsp3) is 0.0667. The molecule has 2 rings (SSSR count). The Hall–Kier alpha value is -2.32. The minimum atomic E-state index is -0.525. The molecule has 0 radical (unpaired) electrons. The fourth-order valence-electron chi connectivity index (χ4n) is 1.78. The molecule has 6 nitrogen and oxygen atoms in total. The zero-order valence-corrected chi connectivity index (χ0v) is 14.4. The maximum atomic E-state index is 12.0. The smallest absolute Gasteiger partial charge is 0.269 e. The number of rotatable bonds is 3. The van der Waals surface area contributed by atoms with Crippen molar-refractivity contribution in [1.29, 1.82) is 0 Å². The molecule has 0 aliphatic rings. The van der Waals surface area contributed by atoms with Gasteiger partial charge in [0.25, 0.3) is 11.6 Å². The van der Waals surface area contributed by atoms with Gasteiger partial charge in [-0.05, 0) is 64.9 Å². The molecule has 0 bridgehead atoms. The Bertz CT molecular complexity index is 778. The summed E-state index contributed by atoms with van der Waals surface area (Å²) in [5.41, 5.74) is 2.02. The third-order valence-corrected chi connectivity index (χ3v) is 3.80. The molecule has 23 heavy (non-hydrogen) atoms. The van der Waals surface area contributed by atoms with Crippen molar-refractivity contribution in [2.24, 2.45) is 0 Å². The monoisotopic (exact) mass is 393 g/mol. The van der Waals surface area contributed by atoms with Crippen molar-refractivity contribution in [1.82, 2.24) is 5.32 Å². The average molecular weight is 394 g/mol. The van der Waals surface area contributed by atoms with Gasteiger partial charge in [-0.25, -0.2) is 0 Å². The minimum absolute atomic E-state index is 0.0779. The average Bonchev–Trinajstić information content (AvgIpc) is 2.50. The van der Waals surface area contributed by atoms with Crippen LogP contribution >= 0.6 is 28.1 Å². The number of anilines is 1. The van der Waals surface area contributed by atoms with Gasteiger partial charge < -0.3 is 5.32 Å². The van der Waals surface area contributed by atoms with E-state index < -0.39 is 10.8 Å². The zero-order chi connectivity index (χ0) is 17.0. The first kappa shape index (κ1) is 17.0. The molecule has 0 aliphatic heterocycles. The Labute approximate surface area is 146 Å². The third-order valence-electron chi connectivity index (χ3n) is 2.94. The molecule has 8 heteroatoms. The number of carbonyl (C=O) groups excluding carboxylic acids is 1. The topological polar surface area (TPSA) is 84.3 Å². The second-order valence-corrected chi connectivity index (χ2v) is 5.96. The summed E-state index contributed by atoms with van der Waals surface area (Å²) >= 11 is 8.51. The predicted octanol–water partition coefficient (Wildman–Crippen LogP) is 3.79. The molecule has 0 saturated carbocycles. The number of nitrogens with one attached hydrogen (secondary N) is 2. The molecule has 0 saturated heterocycles. The van der Waals surface area contributed by atoms with Crippen molar-refractivity contribution in [2.75, 3.05) is 5.32 Å². The Morgan fingerprint density at radius 3 is 2.43 bits per heavy atom. The SMILES string of the molecule is Cc1ccc(NC(=S)NC(=O)c2ccc([N+](=O)[O-])cc2)c(Br)c1. The van der Waals surface area contributed by atoms with E-state index in [1.807, 2.05) is 25.1 Å². The maximum Gasteiger partial charge on any atom is 0.269 e. The molecule has 2 aromatic rings. The van der Waals surface area contributed by atoms with Crippen LogP contribution in [0.4, 0.5) is 11.4 Å². The normalized spacial score (nSPS) is 10.0. The van der Waals surface area contributed by atoms with Crippen LogP contribution in [0.25, 0.3) is 0 Å². The van der Waals surface area contributed by atoms with E-state index in [2.05, 4.69) is 26.6 Å². The van der Waals surface area contributed by atoms with Gasteiger partial charge in [-0.1, -0.05) is 6.07 Å². The van der Waals surface area contributed by atoms with E-state index in [1.165, 1.54) is 24.3 Å². The molecule has 0 aromatic heterocycles. The number of carbonyl (C=O) groups is 1. The van der Waals surface area contributed by atoms with E-state index >= 15 is 0 Å². The number of halogens is 1. The largest absolute Gasteiger partial charge is 0.331 e. The lowest BCUT2D eigenvalue weighted by molar-refractivity contribution is -0.384. The summed E-state index contributed by atoms with van der Waals surface area (Å²) in [7, 11) is 0. The number of thiocarbonyl (C=S) groups is 1. The number of non-ortho nitro benzene ring substituents is 1. The number of hydrogen-bond acceptors (Lipinski definition) is 4. The minimum Gasteiger partial charge on any atom is -0.331 e. The van der Waals surface area contributed by atoms with Crippen molar-refractivity contribution in [3.63, 3.8) is 0 Å². The van der Waals surface area contributed by atoms with Crippen molar-refractivity contribution in [2.45, 2.75) is 6.92 Å². The molecule has 1 amide bonds. The summed E-state index contributed by atoms with van der Waals surface area (Å²) in [6, 6.07) is 10.9. The molecule has 0 fully saturated rings. The third kappa shape index (κ3) is 4.57. The summed E-state index contributed by atoms with van der Waals surface area (Å²) in [4.78, 5) is 22.1. The lowest BCUT2D eigenvalue weighted by Crippen LogP contribution is -2.34. The lowest BCUT2D eigenvalue weighted by Gasteiger charge is -2.11. The number of aryl methyl sites for hydroxylation is 1. The van der Waals surface area contributed by atoms with Crippen LogP contribution in [0.15, 0.2) is 46.9 Å². The van der Waals surface area contributed by atoms with E-state index in [1.54, 1.807) is 0 Å². The van der Waals surface area contributed by atoms with E-state index in [4.69, 9.17) is 12.2 Å². The van der Waals surface area contributed by atoms with E-state index in [0.29, 0.717) is 0 Å². The Balaban J connectivity index is 2.01. The summed E-state index contributed by atoms with van der Waals surface area (Å²) < 4.78 is 0.824. The van der Waals surface area contributed by atoms with Gasteiger partial charge in [0, 0.05) is 22.2 Å². The van der Waals surface area contributed by atoms with E-state index in [-0.39, 0.29) is 16.4 Å². The van der Waals surface area contributed by atoms with Crippen LogP contribution in [0.5, 0.6) is 0 Å². The number of nitrogens with zero attached hydrogens (tertiary/aromatic N) is 1. The highest BCUT2D eigenvalue weighted by Gasteiger charge is 2.11. The van der Waals surface area contributed by atoms with Crippen LogP contribution in [0.1, 0.15) is 15.9 Å². The Morgan fingerprint density at radius 2 is 1.87 bits per heavy atom. The van der Waals surface area contributed by atoms with Crippen molar-refractivity contribution >= 4 is 50.5 Å². The lowest BCUT2D eigenvalue weighted by atomic mass is 10.2. The van der Waals surface area contributed by atoms with Crippen LogP contribution < -0.4 is 10.6 Å². The number of benzene rings is 2. The fourth-order valence-corrected chi connectivity index (χ4v) is 2.58. The van der Waals surface area contributed by atoms with E-state index in [0.717, 1.165) is 15.7 Å². The van der Waals surface area contributed by atoms with Crippen LogP contribution in [0.3, 0.4) is 0 Å². The van der Waals surface area contributed by atoms with Gasteiger partial charge >= 0.3 is 0 Å². The molecule has 2 aromatic carbocycles. The Kier molecular flexibility index (Phi) is 5.41. The summed E-state index contributed by atoms with van der Waals surface area (Å²) in [5, 5.41) is 16.2. The molecular weight excluding hydrogens is 382 g/mol. The molecule has 0 spiro atoms. The molecule has 2 N–H and O–H groups in total. The second-order valence-electron chi connectivity index (χ2n) is 4.70. The molecule has 0 heterocycles. The van der Waals surface area contributed by atoms with Gasteiger partial charge in [0.1, 0.15) is 0 Å². The number of nitro benzene ring substituents is 1.